The minimum Gasteiger partial charge on any atom is -0.370 e. The third kappa shape index (κ3) is 3.71. The number of halogens is 2. The van der Waals surface area contributed by atoms with E-state index in [1.165, 1.54) is 12.1 Å². The fourth-order valence-corrected chi connectivity index (χ4v) is 3.60. The molecule has 0 atom stereocenters. The number of carbonyl (C=O) groups is 1. The van der Waals surface area contributed by atoms with E-state index in [2.05, 4.69) is 27.5 Å². The normalized spacial score (nSPS) is 15.3. The molecule has 5 heteroatoms. The number of rotatable bonds is 2. The number of carbonyl (C=O) groups excluding carboxylic acids is 1. The largest absolute Gasteiger partial charge is 0.370 e. The summed E-state index contributed by atoms with van der Waals surface area (Å²) in [7, 11) is 0. The van der Waals surface area contributed by atoms with Crippen molar-refractivity contribution in [2.45, 2.75) is 13.3 Å². The van der Waals surface area contributed by atoms with Crippen LogP contribution in [0.15, 0.2) is 42.5 Å². The minimum atomic E-state index is -0.223. The van der Waals surface area contributed by atoms with Crippen molar-refractivity contribution in [2.75, 3.05) is 31.1 Å². The zero-order valence-electron chi connectivity index (χ0n) is 13.6. The molecular weight excluding hydrogens is 418 g/mol. The molecule has 1 fully saturated rings. The maximum absolute atomic E-state index is 13.1. The van der Waals surface area contributed by atoms with Crippen LogP contribution in [0, 0.1) is 16.3 Å². The first-order chi connectivity index (χ1) is 11.6. The Morgan fingerprint density at radius 2 is 1.79 bits per heavy atom. The standard InChI is InChI=1S/C19H20FIN2O/c1-14-4-2-5-17(18(14)21)19(24)23-11-3-10-22(12-13-23)16-8-6-15(20)7-9-16/h2,4-9H,3,10-13H2,1H3. The topological polar surface area (TPSA) is 23.6 Å². The van der Waals surface area contributed by atoms with E-state index in [9.17, 15) is 9.18 Å². The van der Waals surface area contributed by atoms with Gasteiger partial charge in [0.05, 0.1) is 5.56 Å². The van der Waals surface area contributed by atoms with Gasteiger partial charge in [0.1, 0.15) is 5.82 Å². The Labute approximate surface area is 155 Å². The van der Waals surface area contributed by atoms with Crippen LogP contribution in [-0.2, 0) is 0 Å². The number of nitrogens with zero attached hydrogens (tertiary/aromatic N) is 2. The highest BCUT2D eigenvalue weighted by Gasteiger charge is 2.22. The van der Waals surface area contributed by atoms with E-state index < -0.39 is 0 Å². The summed E-state index contributed by atoms with van der Waals surface area (Å²) in [5.41, 5.74) is 2.92. The molecule has 0 aromatic heterocycles. The molecule has 1 saturated heterocycles. The monoisotopic (exact) mass is 438 g/mol. The molecule has 24 heavy (non-hydrogen) atoms. The average Bonchev–Trinajstić information content (AvgIpc) is 2.84. The van der Waals surface area contributed by atoms with Gasteiger partial charge in [-0.3, -0.25) is 4.79 Å². The Balaban J connectivity index is 1.72. The molecule has 0 saturated carbocycles. The second-order valence-corrected chi connectivity index (χ2v) is 7.12. The fraction of sp³-hybridized carbons (Fsp3) is 0.316. The average molecular weight is 438 g/mol. The first-order valence-corrected chi connectivity index (χ1v) is 9.19. The number of anilines is 1. The van der Waals surface area contributed by atoms with E-state index in [0.717, 1.165) is 46.4 Å². The summed E-state index contributed by atoms with van der Waals surface area (Å²) in [6.45, 7) is 5.10. The predicted molar refractivity (Wildman–Crippen MR) is 103 cm³/mol. The molecule has 0 radical (unpaired) electrons. The molecule has 0 N–H and O–H groups in total. The Hall–Kier alpha value is -1.63. The number of hydrogen-bond donors (Lipinski definition) is 0. The predicted octanol–water partition coefficient (Wildman–Crippen LogP) is 4.09. The highest BCUT2D eigenvalue weighted by Crippen LogP contribution is 2.21. The number of benzene rings is 2. The Morgan fingerprint density at radius 3 is 2.54 bits per heavy atom. The van der Waals surface area contributed by atoms with Gasteiger partial charge < -0.3 is 9.80 Å². The van der Waals surface area contributed by atoms with Crippen LogP contribution in [0.1, 0.15) is 22.3 Å². The molecule has 1 aliphatic heterocycles. The second kappa shape index (κ2) is 7.51. The summed E-state index contributed by atoms with van der Waals surface area (Å²) in [4.78, 5) is 17.0. The summed E-state index contributed by atoms with van der Waals surface area (Å²) in [5.74, 6) is -0.122. The number of aryl methyl sites for hydroxylation is 1. The summed E-state index contributed by atoms with van der Waals surface area (Å²) in [6, 6.07) is 12.4. The molecule has 0 aliphatic carbocycles. The second-order valence-electron chi connectivity index (χ2n) is 6.05. The summed E-state index contributed by atoms with van der Waals surface area (Å²) >= 11 is 2.25. The molecule has 3 nitrogen and oxygen atoms in total. The van der Waals surface area contributed by atoms with Gasteiger partial charge in [-0.15, -0.1) is 0 Å². The smallest absolute Gasteiger partial charge is 0.254 e. The molecular formula is C19H20FIN2O. The lowest BCUT2D eigenvalue weighted by molar-refractivity contribution is 0.0766. The molecule has 126 valence electrons. The molecule has 0 unspecified atom stereocenters. The van der Waals surface area contributed by atoms with E-state index in [0.29, 0.717) is 6.54 Å². The summed E-state index contributed by atoms with van der Waals surface area (Å²) < 4.78 is 14.1. The first kappa shape index (κ1) is 17.2. The van der Waals surface area contributed by atoms with Crippen molar-refractivity contribution in [3.63, 3.8) is 0 Å². The highest BCUT2D eigenvalue weighted by atomic mass is 127. The minimum absolute atomic E-state index is 0.101. The summed E-state index contributed by atoms with van der Waals surface area (Å²) in [6.07, 6.45) is 0.908. The van der Waals surface area contributed by atoms with Gasteiger partial charge in [-0.1, -0.05) is 12.1 Å². The van der Waals surface area contributed by atoms with Gasteiger partial charge >= 0.3 is 0 Å². The lowest BCUT2D eigenvalue weighted by Gasteiger charge is -2.24. The Kier molecular flexibility index (Phi) is 5.38. The van der Waals surface area contributed by atoms with Crippen molar-refractivity contribution in [1.82, 2.24) is 4.90 Å². The lowest BCUT2D eigenvalue weighted by atomic mass is 10.1. The Morgan fingerprint density at radius 1 is 1.04 bits per heavy atom. The molecule has 0 spiro atoms. The molecule has 2 aromatic carbocycles. The van der Waals surface area contributed by atoms with E-state index in [1.807, 2.05) is 30.0 Å². The first-order valence-electron chi connectivity index (χ1n) is 8.11. The SMILES string of the molecule is Cc1cccc(C(=O)N2CCCN(c3ccc(F)cc3)CC2)c1I. The molecule has 3 rings (SSSR count). The molecule has 1 amide bonds. The van der Waals surface area contributed by atoms with Crippen molar-refractivity contribution < 1.29 is 9.18 Å². The van der Waals surface area contributed by atoms with E-state index in [4.69, 9.17) is 0 Å². The third-order valence-corrected chi connectivity index (χ3v) is 5.83. The highest BCUT2D eigenvalue weighted by molar-refractivity contribution is 14.1. The van der Waals surface area contributed by atoms with Gasteiger partial charge in [-0.2, -0.15) is 0 Å². The van der Waals surface area contributed by atoms with E-state index >= 15 is 0 Å². The maximum Gasteiger partial charge on any atom is 0.254 e. The number of amides is 1. The fourth-order valence-electron chi connectivity index (χ4n) is 3.01. The van der Waals surface area contributed by atoms with Crippen LogP contribution >= 0.6 is 22.6 Å². The van der Waals surface area contributed by atoms with E-state index in [-0.39, 0.29) is 11.7 Å². The van der Waals surface area contributed by atoms with Crippen LogP contribution in [0.4, 0.5) is 10.1 Å². The van der Waals surface area contributed by atoms with Gasteiger partial charge in [0.2, 0.25) is 0 Å². The molecule has 1 heterocycles. The molecule has 0 bridgehead atoms. The van der Waals surface area contributed by atoms with Crippen LogP contribution < -0.4 is 4.90 Å². The quantitative estimate of drug-likeness (QED) is 0.660. The zero-order chi connectivity index (χ0) is 17.1. The van der Waals surface area contributed by atoms with Crippen LogP contribution in [-0.4, -0.2) is 37.0 Å². The van der Waals surface area contributed by atoms with Crippen molar-refractivity contribution >= 4 is 34.2 Å². The van der Waals surface area contributed by atoms with Crippen molar-refractivity contribution in [2.24, 2.45) is 0 Å². The summed E-state index contributed by atoms with van der Waals surface area (Å²) in [5, 5.41) is 0. The lowest BCUT2D eigenvalue weighted by Crippen LogP contribution is -2.35. The van der Waals surface area contributed by atoms with Crippen LogP contribution in [0.2, 0.25) is 0 Å². The van der Waals surface area contributed by atoms with Crippen LogP contribution in [0.3, 0.4) is 0 Å². The Bertz CT molecular complexity index is 733. The van der Waals surface area contributed by atoms with Gasteiger partial charge in [-0.25, -0.2) is 4.39 Å². The van der Waals surface area contributed by atoms with Crippen LogP contribution in [0.25, 0.3) is 0 Å². The van der Waals surface area contributed by atoms with Gasteiger partial charge in [0, 0.05) is 35.4 Å². The van der Waals surface area contributed by atoms with Crippen molar-refractivity contribution in [3.8, 4) is 0 Å². The molecule has 1 aliphatic rings. The van der Waals surface area contributed by atoms with Crippen molar-refractivity contribution in [1.29, 1.82) is 0 Å². The zero-order valence-corrected chi connectivity index (χ0v) is 15.8. The maximum atomic E-state index is 13.1. The molecule has 2 aromatic rings. The van der Waals surface area contributed by atoms with Crippen molar-refractivity contribution in [3.05, 3.63) is 63.0 Å². The van der Waals surface area contributed by atoms with E-state index in [1.54, 1.807) is 12.1 Å². The van der Waals surface area contributed by atoms with Crippen LogP contribution in [0.5, 0.6) is 0 Å². The third-order valence-electron chi connectivity index (χ3n) is 4.40. The van der Waals surface area contributed by atoms with Gasteiger partial charge in [-0.05, 0) is 71.8 Å². The van der Waals surface area contributed by atoms with Gasteiger partial charge in [0.25, 0.3) is 5.91 Å². The van der Waals surface area contributed by atoms with Gasteiger partial charge in [0.15, 0.2) is 0 Å². The number of hydrogen-bond acceptors (Lipinski definition) is 2.